The van der Waals surface area contributed by atoms with Crippen molar-refractivity contribution in [3.63, 3.8) is 0 Å². The van der Waals surface area contributed by atoms with E-state index in [1.54, 1.807) is 29.8 Å². The number of hydrogen-bond acceptors (Lipinski definition) is 3. The second-order valence-corrected chi connectivity index (χ2v) is 3.96. The third-order valence-electron chi connectivity index (χ3n) is 2.19. The van der Waals surface area contributed by atoms with Crippen molar-refractivity contribution in [1.29, 1.82) is 0 Å². The van der Waals surface area contributed by atoms with Gasteiger partial charge in [0.2, 0.25) is 0 Å². The number of nitrogens with zero attached hydrogens (tertiary/aromatic N) is 2. The number of methoxy groups -OCH3 is 1. The third-order valence-corrected chi connectivity index (χ3v) is 2.77. The minimum absolute atomic E-state index is 0.112. The second kappa shape index (κ2) is 4.13. The molecule has 2 aromatic rings. The van der Waals surface area contributed by atoms with E-state index >= 15 is 0 Å². The molecule has 0 aliphatic rings. The maximum atomic E-state index is 10.7. The average molecular weight is 285 g/mol. The molecule has 16 heavy (non-hydrogen) atoms. The zero-order valence-electron chi connectivity index (χ0n) is 8.48. The highest BCUT2D eigenvalue weighted by molar-refractivity contribution is 9.10. The molecule has 5 nitrogen and oxygen atoms in total. The monoisotopic (exact) mass is 284 g/mol. The Kier molecular flexibility index (Phi) is 2.82. The number of hydrogen-bond donors (Lipinski definition) is 1. The van der Waals surface area contributed by atoms with Crippen LogP contribution in [0.2, 0.25) is 0 Å². The molecule has 0 amide bonds. The smallest absolute Gasteiger partial charge is 0.311 e. The number of aliphatic carboxylic acids is 1. The fourth-order valence-electron chi connectivity index (χ4n) is 1.48. The standard InChI is InChI=1S/C10H9BrN2O3/c1-16-6-2-3-13-7(4-6)10(11)12-8(13)5-9(14)15/h2-4H,5H2,1H3,(H,14,15). The van der Waals surface area contributed by atoms with Gasteiger partial charge in [0.1, 0.15) is 22.6 Å². The van der Waals surface area contributed by atoms with Gasteiger partial charge >= 0.3 is 5.97 Å². The number of carboxylic acids is 1. The first-order chi connectivity index (χ1) is 7.61. The van der Waals surface area contributed by atoms with Crippen molar-refractivity contribution in [3.05, 3.63) is 28.8 Å². The van der Waals surface area contributed by atoms with Crippen LogP contribution in [-0.2, 0) is 11.2 Å². The molecule has 6 heteroatoms. The van der Waals surface area contributed by atoms with Gasteiger partial charge in [0.25, 0.3) is 0 Å². The molecule has 0 atom stereocenters. The molecule has 2 heterocycles. The predicted molar refractivity (Wildman–Crippen MR) is 60.8 cm³/mol. The summed E-state index contributed by atoms with van der Waals surface area (Å²) in [6.07, 6.45) is 1.63. The highest BCUT2D eigenvalue weighted by Crippen LogP contribution is 2.23. The summed E-state index contributed by atoms with van der Waals surface area (Å²) in [7, 11) is 1.58. The van der Waals surface area contributed by atoms with Gasteiger partial charge in [0.05, 0.1) is 12.6 Å². The number of fused-ring (bicyclic) bond motifs is 1. The van der Waals surface area contributed by atoms with Gasteiger partial charge in [-0.25, -0.2) is 4.98 Å². The van der Waals surface area contributed by atoms with Crippen molar-refractivity contribution in [1.82, 2.24) is 9.38 Å². The maximum absolute atomic E-state index is 10.7. The van der Waals surface area contributed by atoms with Crippen molar-refractivity contribution in [2.45, 2.75) is 6.42 Å². The number of carbonyl (C=O) groups is 1. The first-order valence-corrected chi connectivity index (χ1v) is 5.33. The number of aromatic nitrogens is 2. The lowest BCUT2D eigenvalue weighted by Gasteiger charge is -2.01. The van der Waals surface area contributed by atoms with Gasteiger partial charge in [-0.1, -0.05) is 0 Å². The predicted octanol–water partition coefficient (Wildman–Crippen LogP) is 1.73. The Morgan fingerprint density at radius 2 is 2.44 bits per heavy atom. The van der Waals surface area contributed by atoms with Crippen LogP contribution in [0.15, 0.2) is 22.9 Å². The zero-order chi connectivity index (χ0) is 11.7. The molecular weight excluding hydrogens is 276 g/mol. The SMILES string of the molecule is COc1ccn2c(CC(=O)O)nc(Br)c2c1. The van der Waals surface area contributed by atoms with E-state index in [0.29, 0.717) is 16.2 Å². The number of ether oxygens (including phenoxy) is 1. The number of rotatable bonds is 3. The normalized spacial score (nSPS) is 10.6. The molecule has 2 rings (SSSR count). The topological polar surface area (TPSA) is 63.8 Å². The Morgan fingerprint density at radius 1 is 1.69 bits per heavy atom. The van der Waals surface area contributed by atoms with Crippen molar-refractivity contribution in [2.24, 2.45) is 0 Å². The van der Waals surface area contributed by atoms with E-state index < -0.39 is 5.97 Å². The van der Waals surface area contributed by atoms with Crippen LogP contribution in [0.25, 0.3) is 5.52 Å². The molecule has 0 aliphatic heterocycles. The van der Waals surface area contributed by atoms with Gasteiger partial charge in [-0.05, 0) is 22.0 Å². The first kappa shape index (κ1) is 10.9. The summed E-state index contributed by atoms with van der Waals surface area (Å²) < 4.78 is 7.43. The van der Waals surface area contributed by atoms with Crippen LogP contribution in [0.3, 0.4) is 0 Å². The van der Waals surface area contributed by atoms with Crippen molar-refractivity contribution in [2.75, 3.05) is 7.11 Å². The van der Waals surface area contributed by atoms with Crippen molar-refractivity contribution < 1.29 is 14.6 Å². The molecule has 0 bridgehead atoms. The largest absolute Gasteiger partial charge is 0.497 e. The van der Waals surface area contributed by atoms with Crippen molar-refractivity contribution in [3.8, 4) is 5.75 Å². The number of halogens is 1. The summed E-state index contributed by atoms with van der Waals surface area (Å²) in [5, 5.41) is 8.74. The number of carboxylic acid groups (broad SMARTS) is 1. The van der Waals surface area contributed by atoms with Gasteiger partial charge in [0, 0.05) is 12.3 Å². The molecule has 0 fully saturated rings. The van der Waals surface area contributed by atoms with Crippen LogP contribution in [0.1, 0.15) is 5.82 Å². The maximum Gasteiger partial charge on any atom is 0.311 e. The molecule has 0 saturated carbocycles. The molecule has 0 aliphatic carbocycles. The van der Waals surface area contributed by atoms with Gasteiger partial charge in [-0.3, -0.25) is 4.79 Å². The summed E-state index contributed by atoms with van der Waals surface area (Å²) in [5.74, 6) is 0.280. The van der Waals surface area contributed by atoms with Crippen LogP contribution in [0.4, 0.5) is 0 Å². The minimum Gasteiger partial charge on any atom is -0.497 e. The van der Waals surface area contributed by atoms with Crippen LogP contribution < -0.4 is 4.74 Å². The third kappa shape index (κ3) is 1.88. The van der Waals surface area contributed by atoms with Crippen LogP contribution >= 0.6 is 15.9 Å². The minimum atomic E-state index is -0.907. The lowest BCUT2D eigenvalue weighted by molar-refractivity contribution is -0.136. The number of pyridine rings is 1. The Hall–Kier alpha value is -1.56. The molecule has 0 saturated heterocycles. The van der Waals surface area contributed by atoms with Gasteiger partial charge in [-0.15, -0.1) is 0 Å². The quantitative estimate of drug-likeness (QED) is 0.932. The summed E-state index contributed by atoms with van der Waals surface area (Å²) in [6, 6.07) is 3.55. The van der Waals surface area contributed by atoms with E-state index in [0.717, 1.165) is 5.52 Å². The van der Waals surface area contributed by atoms with Gasteiger partial charge in [0.15, 0.2) is 0 Å². The summed E-state index contributed by atoms with van der Waals surface area (Å²) in [5.41, 5.74) is 0.788. The Labute approximate surface area is 99.8 Å². The van der Waals surface area contributed by atoms with E-state index in [1.807, 2.05) is 0 Å². The van der Waals surface area contributed by atoms with E-state index in [1.165, 1.54) is 0 Å². The lowest BCUT2D eigenvalue weighted by atomic mass is 10.3. The molecule has 0 aromatic carbocycles. The zero-order valence-corrected chi connectivity index (χ0v) is 10.1. The van der Waals surface area contributed by atoms with Crippen LogP contribution in [-0.4, -0.2) is 27.6 Å². The highest BCUT2D eigenvalue weighted by atomic mass is 79.9. The molecule has 2 aromatic heterocycles. The summed E-state index contributed by atoms with van der Waals surface area (Å²) in [4.78, 5) is 14.8. The molecule has 0 unspecified atom stereocenters. The Morgan fingerprint density at radius 3 is 3.06 bits per heavy atom. The Bertz CT molecular complexity index is 550. The molecule has 0 spiro atoms. The van der Waals surface area contributed by atoms with E-state index in [2.05, 4.69) is 20.9 Å². The van der Waals surface area contributed by atoms with Gasteiger partial charge < -0.3 is 14.2 Å². The molecular formula is C10H9BrN2O3. The van der Waals surface area contributed by atoms with Crippen LogP contribution in [0, 0.1) is 0 Å². The molecule has 84 valence electrons. The van der Waals surface area contributed by atoms with Gasteiger partial charge in [-0.2, -0.15) is 0 Å². The van der Waals surface area contributed by atoms with Crippen LogP contribution in [0.5, 0.6) is 5.75 Å². The Balaban J connectivity index is 2.57. The lowest BCUT2D eigenvalue weighted by Crippen LogP contribution is -2.04. The second-order valence-electron chi connectivity index (χ2n) is 3.21. The summed E-state index contributed by atoms with van der Waals surface area (Å²) >= 11 is 3.29. The molecule has 1 N–H and O–H groups in total. The molecule has 0 radical (unpaired) electrons. The fraction of sp³-hybridized carbons (Fsp3) is 0.200. The fourth-order valence-corrected chi connectivity index (χ4v) is 1.99. The first-order valence-electron chi connectivity index (χ1n) is 4.54. The highest BCUT2D eigenvalue weighted by Gasteiger charge is 2.12. The van der Waals surface area contributed by atoms with E-state index in [9.17, 15) is 4.79 Å². The average Bonchev–Trinajstić information content (AvgIpc) is 2.54. The van der Waals surface area contributed by atoms with Crippen molar-refractivity contribution >= 4 is 27.4 Å². The van der Waals surface area contributed by atoms with E-state index in [4.69, 9.17) is 9.84 Å². The van der Waals surface area contributed by atoms with E-state index in [-0.39, 0.29) is 6.42 Å². The summed E-state index contributed by atoms with van der Waals surface area (Å²) in [6.45, 7) is 0. The number of imidazole rings is 1.